The van der Waals surface area contributed by atoms with E-state index in [-0.39, 0.29) is 0 Å². The Bertz CT molecular complexity index is 56.4. The molecule has 0 heterocycles. The standard InChI is InChI=1S/C5H13BN2/c1-7(2)5-8(3)4-6/h4-5H2,1-3H3. The SMILES string of the molecule is [B]CN(C)CN(C)C. The minimum absolute atomic E-state index is 0.623. The zero-order valence-corrected chi connectivity index (χ0v) is 5.89. The van der Waals surface area contributed by atoms with Crippen molar-refractivity contribution in [3.8, 4) is 0 Å². The molecule has 0 saturated carbocycles. The summed E-state index contributed by atoms with van der Waals surface area (Å²) < 4.78 is 0. The van der Waals surface area contributed by atoms with Gasteiger partial charge in [-0.1, -0.05) is 0 Å². The number of nitrogens with zero attached hydrogens (tertiary/aromatic N) is 2. The largest absolute Gasteiger partial charge is 0.302 e. The first kappa shape index (κ1) is 7.98. The second kappa shape index (κ2) is 3.92. The molecule has 2 nitrogen and oxygen atoms in total. The molecule has 0 fully saturated rings. The molecule has 0 aromatic heterocycles. The molecular formula is C5H13BN2. The van der Waals surface area contributed by atoms with Gasteiger partial charge in [0.1, 0.15) is 0 Å². The summed E-state index contributed by atoms with van der Waals surface area (Å²) in [6.07, 6.45) is 0.623. The summed E-state index contributed by atoms with van der Waals surface area (Å²) in [6.45, 7) is 0.927. The molecule has 0 saturated heterocycles. The highest BCUT2D eigenvalue weighted by Crippen LogP contribution is 1.78. The van der Waals surface area contributed by atoms with E-state index in [4.69, 9.17) is 7.85 Å². The predicted octanol–water partition coefficient (Wildman–Crippen LogP) is -0.437. The average molecular weight is 112 g/mol. The van der Waals surface area contributed by atoms with Crippen molar-refractivity contribution in [2.75, 3.05) is 34.3 Å². The van der Waals surface area contributed by atoms with E-state index in [1.165, 1.54) is 0 Å². The van der Waals surface area contributed by atoms with E-state index in [1.807, 2.05) is 26.0 Å². The summed E-state index contributed by atoms with van der Waals surface area (Å²) in [5.41, 5.74) is 0. The van der Waals surface area contributed by atoms with Gasteiger partial charge >= 0.3 is 0 Å². The maximum Gasteiger partial charge on any atom is 0.0863 e. The molecule has 0 spiro atoms. The third kappa shape index (κ3) is 4.15. The van der Waals surface area contributed by atoms with Gasteiger partial charge in [0.15, 0.2) is 0 Å². The highest BCUT2D eigenvalue weighted by Gasteiger charge is 1.92. The van der Waals surface area contributed by atoms with Crippen LogP contribution in [0.3, 0.4) is 0 Å². The quantitative estimate of drug-likeness (QED) is 0.361. The summed E-state index contributed by atoms with van der Waals surface area (Å²) in [4.78, 5) is 4.10. The van der Waals surface area contributed by atoms with E-state index in [0.29, 0.717) is 6.44 Å². The monoisotopic (exact) mass is 112 g/mol. The fourth-order valence-electron chi connectivity index (χ4n) is 0.541. The van der Waals surface area contributed by atoms with Gasteiger partial charge in [-0.05, 0) is 27.6 Å². The van der Waals surface area contributed by atoms with Crippen molar-refractivity contribution in [1.82, 2.24) is 9.80 Å². The maximum absolute atomic E-state index is 5.32. The molecule has 0 rings (SSSR count). The highest BCUT2D eigenvalue weighted by atomic mass is 15.3. The number of hydrogen-bond acceptors (Lipinski definition) is 2. The molecule has 0 amide bonds. The Hall–Kier alpha value is -0.0151. The molecule has 0 aliphatic heterocycles. The van der Waals surface area contributed by atoms with Crippen LogP contribution in [0, 0.1) is 0 Å². The lowest BCUT2D eigenvalue weighted by atomic mass is 10.1. The summed E-state index contributed by atoms with van der Waals surface area (Å²) in [5.74, 6) is 0. The van der Waals surface area contributed by atoms with Crippen molar-refractivity contribution in [3.05, 3.63) is 0 Å². The molecule has 46 valence electrons. The molecule has 2 radical (unpaired) electrons. The van der Waals surface area contributed by atoms with E-state index in [2.05, 4.69) is 4.90 Å². The zero-order valence-electron chi connectivity index (χ0n) is 5.89. The van der Waals surface area contributed by atoms with Crippen molar-refractivity contribution in [2.24, 2.45) is 0 Å². The topological polar surface area (TPSA) is 6.48 Å². The van der Waals surface area contributed by atoms with Gasteiger partial charge < -0.3 is 4.90 Å². The van der Waals surface area contributed by atoms with Crippen LogP contribution in [-0.2, 0) is 0 Å². The second-order valence-corrected chi connectivity index (χ2v) is 2.26. The molecule has 0 aliphatic rings. The zero-order chi connectivity index (χ0) is 6.57. The van der Waals surface area contributed by atoms with Crippen molar-refractivity contribution in [1.29, 1.82) is 0 Å². The Morgan fingerprint density at radius 2 is 1.75 bits per heavy atom. The smallest absolute Gasteiger partial charge is 0.0863 e. The lowest BCUT2D eigenvalue weighted by Crippen LogP contribution is -2.30. The maximum atomic E-state index is 5.32. The predicted molar refractivity (Wildman–Crippen MR) is 36.9 cm³/mol. The second-order valence-electron chi connectivity index (χ2n) is 2.26. The van der Waals surface area contributed by atoms with E-state index >= 15 is 0 Å². The van der Waals surface area contributed by atoms with Crippen molar-refractivity contribution in [2.45, 2.75) is 0 Å². The van der Waals surface area contributed by atoms with Crippen LogP contribution < -0.4 is 0 Å². The van der Waals surface area contributed by atoms with E-state index in [9.17, 15) is 0 Å². The normalized spacial score (nSPS) is 11.1. The minimum Gasteiger partial charge on any atom is -0.302 e. The Labute approximate surface area is 52.9 Å². The van der Waals surface area contributed by atoms with Crippen LogP contribution in [0.2, 0.25) is 0 Å². The van der Waals surface area contributed by atoms with Crippen molar-refractivity contribution >= 4 is 7.85 Å². The average Bonchev–Trinajstić information content (AvgIpc) is 1.65. The van der Waals surface area contributed by atoms with Crippen molar-refractivity contribution < 1.29 is 0 Å². The molecule has 8 heavy (non-hydrogen) atoms. The summed E-state index contributed by atoms with van der Waals surface area (Å²) >= 11 is 0. The van der Waals surface area contributed by atoms with E-state index < -0.39 is 0 Å². The highest BCUT2D eigenvalue weighted by molar-refractivity contribution is 6.08. The van der Waals surface area contributed by atoms with Crippen LogP contribution in [0.25, 0.3) is 0 Å². The molecule has 0 atom stereocenters. The Morgan fingerprint density at radius 3 is 1.88 bits per heavy atom. The van der Waals surface area contributed by atoms with E-state index in [1.54, 1.807) is 0 Å². The van der Waals surface area contributed by atoms with Gasteiger partial charge in [-0.25, -0.2) is 0 Å². The first-order valence-corrected chi connectivity index (χ1v) is 2.70. The third-order valence-electron chi connectivity index (χ3n) is 0.836. The van der Waals surface area contributed by atoms with Crippen LogP contribution in [-0.4, -0.2) is 51.9 Å². The third-order valence-corrected chi connectivity index (χ3v) is 0.836. The summed E-state index contributed by atoms with van der Waals surface area (Å²) in [7, 11) is 11.3. The van der Waals surface area contributed by atoms with Crippen LogP contribution >= 0.6 is 0 Å². The lowest BCUT2D eigenvalue weighted by molar-refractivity contribution is 0.236. The van der Waals surface area contributed by atoms with Gasteiger partial charge in [0.2, 0.25) is 0 Å². The van der Waals surface area contributed by atoms with Crippen LogP contribution in [0.5, 0.6) is 0 Å². The van der Waals surface area contributed by atoms with Gasteiger partial charge in [0, 0.05) is 6.67 Å². The molecule has 0 unspecified atom stereocenters. The molecule has 0 aromatic carbocycles. The minimum atomic E-state index is 0.623. The first-order chi connectivity index (χ1) is 3.66. The van der Waals surface area contributed by atoms with Crippen LogP contribution in [0.15, 0.2) is 0 Å². The van der Waals surface area contributed by atoms with Gasteiger partial charge in [0.05, 0.1) is 7.85 Å². The fraction of sp³-hybridized carbons (Fsp3) is 1.00. The first-order valence-electron chi connectivity index (χ1n) is 2.70. The van der Waals surface area contributed by atoms with E-state index in [0.717, 1.165) is 6.67 Å². The Kier molecular flexibility index (Phi) is 3.92. The molecule has 0 N–H and O–H groups in total. The molecule has 0 aromatic rings. The number of hydrogen-bond donors (Lipinski definition) is 0. The Balaban J connectivity index is 3.10. The molecular weight excluding hydrogens is 98.9 g/mol. The molecule has 0 bridgehead atoms. The fourth-order valence-corrected chi connectivity index (χ4v) is 0.541. The Morgan fingerprint density at radius 1 is 1.25 bits per heavy atom. The van der Waals surface area contributed by atoms with Crippen LogP contribution in [0.1, 0.15) is 0 Å². The summed E-state index contributed by atoms with van der Waals surface area (Å²) in [5, 5.41) is 0. The van der Waals surface area contributed by atoms with Gasteiger partial charge in [-0.3, -0.25) is 4.90 Å². The molecule has 3 heteroatoms. The molecule has 0 aliphatic carbocycles. The van der Waals surface area contributed by atoms with Crippen LogP contribution in [0.4, 0.5) is 0 Å². The number of rotatable bonds is 3. The van der Waals surface area contributed by atoms with Gasteiger partial charge in [0.25, 0.3) is 0 Å². The van der Waals surface area contributed by atoms with Gasteiger partial charge in [-0.2, -0.15) is 0 Å². The lowest BCUT2D eigenvalue weighted by Gasteiger charge is -2.18. The van der Waals surface area contributed by atoms with Gasteiger partial charge in [-0.15, -0.1) is 0 Å². The van der Waals surface area contributed by atoms with Crippen molar-refractivity contribution in [3.63, 3.8) is 0 Å². The summed E-state index contributed by atoms with van der Waals surface area (Å²) in [6, 6.07) is 0.